The summed E-state index contributed by atoms with van der Waals surface area (Å²) in [7, 11) is 0. The maximum Gasteiger partial charge on any atom is 0.243 e. The molecule has 0 aromatic heterocycles. The van der Waals surface area contributed by atoms with Crippen LogP contribution >= 0.6 is 0 Å². The van der Waals surface area contributed by atoms with Crippen molar-refractivity contribution in [1.29, 1.82) is 0 Å². The number of benzene rings is 5. The Bertz CT molecular complexity index is 2010. The van der Waals surface area contributed by atoms with Gasteiger partial charge in [0.15, 0.2) is 0 Å². The zero-order valence-corrected chi connectivity index (χ0v) is 30.6. The molecule has 242 valence electrons. The van der Waals surface area contributed by atoms with Gasteiger partial charge in [-0.05, 0) is 92.6 Å². The van der Waals surface area contributed by atoms with Crippen molar-refractivity contribution in [3.05, 3.63) is 159 Å². The first-order valence-corrected chi connectivity index (χ1v) is 17.5. The molecule has 1 heteroatoms. The third kappa shape index (κ3) is 7.54. The van der Waals surface area contributed by atoms with Crippen LogP contribution in [0.15, 0.2) is 109 Å². The van der Waals surface area contributed by atoms with Crippen molar-refractivity contribution < 1.29 is 0 Å². The molecule has 5 aromatic rings. The van der Waals surface area contributed by atoms with Crippen LogP contribution in [-0.2, 0) is 16.2 Å². The highest BCUT2D eigenvalue weighted by atomic mass is 14.3. The molecular formula is C48H47B. The lowest BCUT2D eigenvalue weighted by atomic mass is 9.33. The summed E-state index contributed by atoms with van der Waals surface area (Å²) >= 11 is 0. The molecule has 0 N–H and O–H groups in total. The molecule has 5 aromatic carbocycles. The van der Waals surface area contributed by atoms with E-state index in [9.17, 15) is 0 Å². The highest BCUT2D eigenvalue weighted by molar-refractivity contribution is 6.97. The lowest BCUT2D eigenvalue weighted by Gasteiger charge is -2.36. The van der Waals surface area contributed by atoms with Crippen molar-refractivity contribution in [3.63, 3.8) is 0 Å². The van der Waals surface area contributed by atoms with Gasteiger partial charge in [-0.15, -0.1) is 0 Å². The van der Waals surface area contributed by atoms with Crippen LogP contribution in [0.25, 0.3) is 12.2 Å². The Hall–Kier alpha value is -4.98. The molecule has 6 rings (SSSR count). The SMILES string of the molecule is CC(C)(C)c1cc(C(C)(C)C)c(B2c3ccc(C#Cc4ccccc4)cc3C=Cc3cc(C#Cc4ccccc4)ccc32)c(C(C)(C)C)c1. The summed E-state index contributed by atoms with van der Waals surface area (Å²) in [6, 6.07) is 39.1. The van der Waals surface area contributed by atoms with E-state index in [0.29, 0.717) is 0 Å². The highest BCUT2D eigenvalue weighted by Crippen LogP contribution is 2.34. The summed E-state index contributed by atoms with van der Waals surface area (Å²) in [4.78, 5) is 0. The lowest BCUT2D eigenvalue weighted by molar-refractivity contribution is 0.553. The average Bonchev–Trinajstić information content (AvgIpc) is 3.21. The smallest absolute Gasteiger partial charge is 0.0651 e. The molecule has 0 saturated heterocycles. The molecule has 0 aliphatic carbocycles. The van der Waals surface area contributed by atoms with Gasteiger partial charge in [-0.3, -0.25) is 0 Å². The predicted octanol–water partition coefficient (Wildman–Crippen LogP) is 9.38. The van der Waals surface area contributed by atoms with Crippen LogP contribution in [0, 0.1) is 23.7 Å². The minimum Gasteiger partial charge on any atom is -0.0651 e. The highest BCUT2D eigenvalue weighted by Gasteiger charge is 2.37. The fourth-order valence-electron chi connectivity index (χ4n) is 6.75. The molecule has 0 fully saturated rings. The Morgan fingerprint density at radius 1 is 0.408 bits per heavy atom. The van der Waals surface area contributed by atoms with Crippen molar-refractivity contribution in [1.82, 2.24) is 0 Å². The van der Waals surface area contributed by atoms with Crippen LogP contribution in [-0.4, -0.2) is 6.71 Å². The first-order valence-electron chi connectivity index (χ1n) is 17.5. The molecule has 49 heavy (non-hydrogen) atoms. The number of fused-ring (bicyclic) bond motifs is 2. The third-order valence-corrected chi connectivity index (χ3v) is 9.44. The monoisotopic (exact) mass is 634 g/mol. The Morgan fingerprint density at radius 2 is 0.796 bits per heavy atom. The number of hydrogen-bond donors (Lipinski definition) is 0. The van der Waals surface area contributed by atoms with Gasteiger partial charge in [0.2, 0.25) is 6.71 Å². The third-order valence-electron chi connectivity index (χ3n) is 9.44. The summed E-state index contributed by atoms with van der Waals surface area (Å²) in [6.07, 6.45) is 4.57. The second kappa shape index (κ2) is 13.1. The van der Waals surface area contributed by atoms with Gasteiger partial charge in [0.05, 0.1) is 0 Å². The number of rotatable bonds is 1. The van der Waals surface area contributed by atoms with Gasteiger partial charge in [0.1, 0.15) is 0 Å². The molecule has 0 amide bonds. The van der Waals surface area contributed by atoms with Crippen molar-refractivity contribution >= 4 is 35.3 Å². The van der Waals surface area contributed by atoms with E-state index in [-0.39, 0.29) is 23.0 Å². The molecule has 1 heterocycles. The Kier molecular flexibility index (Phi) is 9.10. The summed E-state index contributed by atoms with van der Waals surface area (Å²) in [5.41, 5.74) is 14.6. The number of hydrogen-bond acceptors (Lipinski definition) is 0. The van der Waals surface area contributed by atoms with E-state index in [0.717, 1.165) is 22.3 Å². The van der Waals surface area contributed by atoms with Crippen LogP contribution in [0.2, 0.25) is 0 Å². The van der Waals surface area contributed by atoms with Crippen molar-refractivity contribution in [2.24, 2.45) is 0 Å². The van der Waals surface area contributed by atoms with E-state index in [4.69, 9.17) is 0 Å². The molecule has 1 aliphatic heterocycles. The summed E-state index contributed by atoms with van der Waals surface area (Å²) < 4.78 is 0. The zero-order valence-electron chi connectivity index (χ0n) is 30.6. The van der Waals surface area contributed by atoms with E-state index in [1.165, 1.54) is 44.2 Å². The van der Waals surface area contributed by atoms with Gasteiger partial charge < -0.3 is 0 Å². The quantitative estimate of drug-likeness (QED) is 0.125. The normalized spacial score (nSPS) is 12.6. The second-order valence-electron chi connectivity index (χ2n) is 16.4. The van der Waals surface area contributed by atoms with Gasteiger partial charge in [-0.25, -0.2) is 0 Å². The Labute approximate surface area is 295 Å². The first kappa shape index (κ1) is 33.9. The van der Waals surface area contributed by atoms with Gasteiger partial charge in [0.25, 0.3) is 0 Å². The molecule has 1 aliphatic rings. The topological polar surface area (TPSA) is 0 Å². The molecule has 0 radical (unpaired) electrons. The average molecular weight is 635 g/mol. The molecule has 0 bridgehead atoms. The van der Waals surface area contributed by atoms with Gasteiger partial charge in [-0.1, -0.05) is 175 Å². The summed E-state index contributed by atoms with van der Waals surface area (Å²) in [5, 5.41) is 0. The predicted molar refractivity (Wildman–Crippen MR) is 214 cm³/mol. The van der Waals surface area contributed by atoms with Crippen LogP contribution in [0.3, 0.4) is 0 Å². The minimum atomic E-state index is -0.0706. The molecule has 0 nitrogen and oxygen atoms in total. The zero-order chi connectivity index (χ0) is 35.0. The van der Waals surface area contributed by atoms with Crippen molar-refractivity contribution in [3.8, 4) is 23.7 Å². The van der Waals surface area contributed by atoms with E-state index >= 15 is 0 Å². The van der Waals surface area contributed by atoms with E-state index in [1.54, 1.807) is 0 Å². The standard InChI is InChI=1S/C48H47B/c1-46(2,3)40-32-41(47(4,5)6)45(42(33-40)48(7,8)9)49-43-28-24-36(22-20-34-16-12-10-13-17-34)30-38(43)26-27-39-31-37(25-29-44(39)49)23-21-35-18-14-11-15-19-35/h10-19,24-33H,1-9H3. The van der Waals surface area contributed by atoms with Crippen molar-refractivity contribution in [2.45, 2.75) is 78.6 Å². The molecule has 0 unspecified atom stereocenters. The van der Waals surface area contributed by atoms with Gasteiger partial charge >= 0.3 is 0 Å². The van der Waals surface area contributed by atoms with E-state index < -0.39 is 0 Å². The van der Waals surface area contributed by atoms with Crippen LogP contribution in [0.5, 0.6) is 0 Å². The van der Waals surface area contributed by atoms with Gasteiger partial charge in [0, 0.05) is 22.3 Å². The van der Waals surface area contributed by atoms with E-state index in [2.05, 4.69) is 171 Å². The minimum absolute atomic E-state index is 0.0258. The van der Waals surface area contributed by atoms with Crippen LogP contribution in [0.1, 0.15) is 112 Å². The van der Waals surface area contributed by atoms with E-state index in [1.807, 2.05) is 36.4 Å². The molecule has 0 saturated carbocycles. The van der Waals surface area contributed by atoms with Crippen molar-refractivity contribution in [2.75, 3.05) is 0 Å². The Balaban J connectivity index is 1.62. The van der Waals surface area contributed by atoms with Gasteiger partial charge in [-0.2, -0.15) is 0 Å². The fourth-order valence-corrected chi connectivity index (χ4v) is 6.75. The molecule has 0 spiro atoms. The maximum atomic E-state index is 3.44. The lowest BCUT2D eigenvalue weighted by Crippen LogP contribution is -2.58. The Morgan fingerprint density at radius 3 is 1.16 bits per heavy atom. The van der Waals surface area contributed by atoms with Crippen LogP contribution < -0.4 is 16.4 Å². The molecule has 0 atom stereocenters. The fraction of sp³-hybridized carbons (Fsp3) is 0.250. The molecular weight excluding hydrogens is 587 g/mol. The largest absolute Gasteiger partial charge is 0.243 e. The second-order valence-corrected chi connectivity index (χ2v) is 16.4. The first-order chi connectivity index (χ1) is 23.2. The summed E-state index contributed by atoms with van der Waals surface area (Å²) in [5.74, 6) is 13.6. The van der Waals surface area contributed by atoms with Crippen LogP contribution in [0.4, 0.5) is 0 Å². The summed E-state index contributed by atoms with van der Waals surface area (Å²) in [6.45, 7) is 21.2. The maximum absolute atomic E-state index is 3.44.